The summed E-state index contributed by atoms with van der Waals surface area (Å²) in [4.78, 5) is 0. The Morgan fingerprint density at radius 2 is 2.06 bits per heavy atom. The number of anilines is 1. The number of aryl methyl sites for hydroxylation is 1. The SMILES string of the molecule is CCCc1cccc(NNCC2CCCC2)c1. The molecule has 94 valence electrons. The van der Waals surface area contributed by atoms with Gasteiger partial charge in [-0.15, -0.1) is 0 Å². The fraction of sp³-hybridized carbons (Fsp3) is 0.600. The lowest BCUT2D eigenvalue weighted by Gasteiger charge is -2.13. The molecule has 1 aliphatic rings. The van der Waals surface area contributed by atoms with E-state index in [1.807, 2.05) is 0 Å². The van der Waals surface area contributed by atoms with E-state index in [1.165, 1.54) is 43.4 Å². The average Bonchev–Trinajstić information content (AvgIpc) is 2.83. The van der Waals surface area contributed by atoms with Gasteiger partial charge < -0.3 is 5.43 Å². The lowest BCUT2D eigenvalue weighted by atomic mass is 10.1. The van der Waals surface area contributed by atoms with Crippen LogP contribution in [0.1, 0.15) is 44.6 Å². The highest BCUT2D eigenvalue weighted by atomic mass is 15.3. The molecule has 2 rings (SSSR count). The lowest BCUT2D eigenvalue weighted by molar-refractivity contribution is 0.514. The van der Waals surface area contributed by atoms with Gasteiger partial charge in [0.05, 0.1) is 0 Å². The Kier molecular flexibility index (Phi) is 4.87. The monoisotopic (exact) mass is 232 g/mol. The normalized spacial score (nSPS) is 16.3. The van der Waals surface area contributed by atoms with Gasteiger partial charge in [0, 0.05) is 12.2 Å². The molecule has 0 spiro atoms. The zero-order chi connectivity index (χ0) is 11.9. The van der Waals surface area contributed by atoms with Gasteiger partial charge in [0.1, 0.15) is 0 Å². The molecule has 0 heterocycles. The van der Waals surface area contributed by atoms with Gasteiger partial charge in [-0.25, -0.2) is 5.43 Å². The summed E-state index contributed by atoms with van der Waals surface area (Å²) < 4.78 is 0. The summed E-state index contributed by atoms with van der Waals surface area (Å²) >= 11 is 0. The third kappa shape index (κ3) is 4.04. The van der Waals surface area contributed by atoms with Crippen LogP contribution in [0.2, 0.25) is 0 Å². The molecule has 2 heteroatoms. The Balaban J connectivity index is 1.75. The fourth-order valence-electron chi connectivity index (χ4n) is 2.61. The van der Waals surface area contributed by atoms with Gasteiger partial charge in [-0.2, -0.15) is 0 Å². The molecule has 0 amide bonds. The number of rotatable bonds is 6. The van der Waals surface area contributed by atoms with Crippen LogP contribution in [0.15, 0.2) is 24.3 Å². The number of hydrazine groups is 1. The largest absolute Gasteiger partial charge is 0.321 e. The summed E-state index contributed by atoms with van der Waals surface area (Å²) in [6, 6.07) is 8.70. The molecule has 1 aliphatic carbocycles. The van der Waals surface area contributed by atoms with E-state index < -0.39 is 0 Å². The van der Waals surface area contributed by atoms with E-state index in [0.29, 0.717) is 0 Å². The predicted octanol–water partition coefficient (Wildman–Crippen LogP) is 3.75. The molecular formula is C15H24N2. The molecule has 0 saturated heterocycles. The van der Waals surface area contributed by atoms with Crippen LogP contribution in [0, 0.1) is 5.92 Å². The molecule has 0 atom stereocenters. The van der Waals surface area contributed by atoms with Crippen LogP contribution in [-0.2, 0) is 6.42 Å². The third-order valence-corrected chi connectivity index (χ3v) is 3.56. The van der Waals surface area contributed by atoms with Crippen molar-refractivity contribution in [2.24, 2.45) is 5.92 Å². The molecule has 1 aromatic rings. The number of hydrogen-bond acceptors (Lipinski definition) is 2. The second kappa shape index (κ2) is 6.65. The maximum absolute atomic E-state index is 3.36. The smallest absolute Gasteiger partial charge is 0.0490 e. The van der Waals surface area contributed by atoms with Gasteiger partial charge in [-0.05, 0) is 42.9 Å². The predicted molar refractivity (Wildman–Crippen MR) is 74.0 cm³/mol. The van der Waals surface area contributed by atoms with E-state index >= 15 is 0 Å². The maximum Gasteiger partial charge on any atom is 0.0490 e. The second-order valence-corrected chi connectivity index (χ2v) is 5.11. The zero-order valence-electron chi connectivity index (χ0n) is 10.8. The minimum atomic E-state index is 0.876. The summed E-state index contributed by atoms with van der Waals surface area (Å²) in [7, 11) is 0. The second-order valence-electron chi connectivity index (χ2n) is 5.11. The first-order valence-electron chi connectivity index (χ1n) is 6.96. The molecule has 0 aliphatic heterocycles. The first-order valence-corrected chi connectivity index (χ1v) is 6.96. The minimum absolute atomic E-state index is 0.876. The number of nitrogens with one attached hydrogen (secondary N) is 2. The van der Waals surface area contributed by atoms with Crippen molar-refractivity contribution in [3.05, 3.63) is 29.8 Å². The standard InChI is InChI=1S/C15H24N2/c1-2-6-13-9-5-10-15(11-13)17-16-12-14-7-3-4-8-14/h5,9-11,14,16-17H,2-4,6-8,12H2,1H3. The molecule has 1 fully saturated rings. The Labute approximate surface area is 105 Å². The molecular weight excluding hydrogens is 208 g/mol. The van der Waals surface area contributed by atoms with Crippen molar-refractivity contribution in [2.45, 2.75) is 45.4 Å². The van der Waals surface area contributed by atoms with Crippen LogP contribution >= 0.6 is 0 Å². The van der Waals surface area contributed by atoms with E-state index in [2.05, 4.69) is 42.0 Å². The highest BCUT2D eigenvalue weighted by Crippen LogP contribution is 2.23. The van der Waals surface area contributed by atoms with E-state index in [-0.39, 0.29) is 0 Å². The number of benzene rings is 1. The van der Waals surface area contributed by atoms with Crippen LogP contribution in [-0.4, -0.2) is 6.54 Å². The van der Waals surface area contributed by atoms with Crippen LogP contribution in [0.4, 0.5) is 5.69 Å². The first kappa shape index (κ1) is 12.4. The Hall–Kier alpha value is -1.02. The van der Waals surface area contributed by atoms with Gasteiger partial charge in [0.2, 0.25) is 0 Å². The van der Waals surface area contributed by atoms with Gasteiger partial charge in [0.15, 0.2) is 0 Å². The summed E-state index contributed by atoms with van der Waals surface area (Å²) in [5, 5.41) is 0. The quantitative estimate of drug-likeness (QED) is 0.730. The molecule has 1 saturated carbocycles. The van der Waals surface area contributed by atoms with Crippen LogP contribution in [0.3, 0.4) is 0 Å². The molecule has 0 radical (unpaired) electrons. The maximum atomic E-state index is 3.36. The highest BCUT2D eigenvalue weighted by Gasteiger charge is 2.13. The summed E-state index contributed by atoms with van der Waals surface area (Å²) in [6.45, 7) is 3.32. The van der Waals surface area contributed by atoms with Crippen LogP contribution in [0.5, 0.6) is 0 Å². The van der Waals surface area contributed by atoms with Gasteiger partial charge in [0.25, 0.3) is 0 Å². The summed E-state index contributed by atoms with van der Waals surface area (Å²) in [5.41, 5.74) is 9.29. The molecule has 1 aromatic carbocycles. The Morgan fingerprint density at radius 3 is 2.82 bits per heavy atom. The van der Waals surface area contributed by atoms with Crippen molar-refractivity contribution in [3.8, 4) is 0 Å². The molecule has 0 bridgehead atoms. The van der Waals surface area contributed by atoms with Gasteiger partial charge in [-0.1, -0.05) is 38.3 Å². The molecule has 2 nitrogen and oxygen atoms in total. The Morgan fingerprint density at radius 1 is 1.24 bits per heavy atom. The summed E-state index contributed by atoms with van der Waals surface area (Å²) in [6.07, 6.45) is 7.99. The first-order chi connectivity index (χ1) is 8.38. The zero-order valence-corrected chi connectivity index (χ0v) is 10.8. The molecule has 0 aromatic heterocycles. The van der Waals surface area contributed by atoms with Crippen molar-refractivity contribution in [1.29, 1.82) is 0 Å². The van der Waals surface area contributed by atoms with E-state index in [9.17, 15) is 0 Å². The number of hydrogen-bond donors (Lipinski definition) is 2. The molecule has 17 heavy (non-hydrogen) atoms. The van der Waals surface area contributed by atoms with Crippen LogP contribution in [0.25, 0.3) is 0 Å². The lowest BCUT2D eigenvalue weighted by Crippen LogP contribution is -2.27. The Bertz CT molecular complexity index is 329. The molecule has 0 unspecified atom stereocenters. The van der Waals surface area contributed by atoms with E-state index in [0.717, 1.165) is 18.9 Å². The van der Waals surface area contributed by atoms with Crippen molar-refractivity contribution in [2.75, 3.05) is 12.0 Å². The van der Waals surface area contributed by atoms with Gasteiger partial charge in [-0.3, -0.25) is 0 Å². The van der Waals surface area contributed by atoms with Gasteiger partial charge >= 0.3 is 0 Å². The van der Waals surface area contributed by atoms with Crippen LogP contribution < -0.4 is 10.9 Å². The van der Waals surface area contributed by atoms with E-state index in [1.54, 1.807) is 0 Å². The molecule has 2 N–H and O–H groups in total. The fourth-order valence-corrected chi connectivity index (χ4v) is 2.61. The van der Waals surface area contributed by atoms with Crippen molar-refractivity contribution < 1.29 is 0 Å². The topological polar surface area (TPSA) is 24.1 Å². The third-order valence-electron chi connectivity index (χ3n) is 3.56. The van der Waals surface area contributed by atoms with Crippen molar-refractivity contribution in [1.82, 2.24) is 5.43 Å². The van der Waals surface area contributed by atoms with Crippen molar-refractivity contribution in [3.63, 3.8) is 0 Å². The highest BCUT2D eigenvalue weighted by molar-refractivity contribution is 5.44. The average molecular weight is 232 g/mol. The minimum Gasteiger partial charge on any atom is -0.321 e. The van der Waals surface area contributed by atoms with Crippen molar-refractivity contribution >= 4 is 5.69 Å². The van der Waals surface area contributed by atoms with E-state index in [4.69, 9.17) is 0 Å². The summed E-state index contributed by atoms with van der Waals surface area (Å²) in [5.74, 6) is 0.876.